The van der Waals surface area contributed by atoms with E-state index in [1.165, 1.54) is 18.4 Å². The van der Waals surface area contributed by atoms with Gasteiger partial charge in [0.15, 0.2) is 0 Å². The molecule has 0 spiro atoms. The van der Waals surface area contributed by atoms with Gasteiger partial charge in [-0.25, -0.2) is 0 Å². The Kier molecular flexibility index (Phi) is 3.77. The third-order valence-corrected chi connectivity index (χ3v) is 4.06. The van der Waals surface area contributed by atoms with Crippen LogP contribution >= 0.6 is 0 Å². The van der Waals surface area contributed by atoms with Gasteiger partial charge in [0.2, 0.25) is 0 Å². The standard InChI is InChI=1S/C13H19NOS/c1-10(14-9-11-3-4-11)12-5-7-13(8-6-12)16(2)15/h5-8,10-11,14H,3-4,9H2,1-2H3. The van der Waals surface area contributed by atoms with Crippen LogP contribution in [0.4, 0.5) is 0 Å². The summed E-state index contributed by atoms with van der Waals surface area (Å²) in [6.45, 7) is 3.31. The predicted octanol–water partition coefficient (Wildman–Crippen LogP) is 2.48. The van der Waals surface area contributed by atoms with Crippen LogP contribution in [0.25, 0.3) is 0 Å². The van der Waals surface area contributed by atoms with Crippen molar-refractivity contribution in [1.29, 1.82) is 0 Å². The average molecular weight is 237 g/mol. The van der Waals surface area contributed by atoms with Crippen molar-refractivity contribution in [3.63, 3.8) is 0 Å². The van der Waals surface area contributed by atoms with Gasteiger partial charge in [-0.3, -0.25) is 4.21 Å². The van der Waals surface area contributed by atoms with Gasteiger partial charge >= 0.3 is 0 Å². The lowest BCUT2D eigenvalue weighted by molar-refractivity contribution is 0.548. The number of rotatable bonds is 5. The fourth-order valence-electron chi connectivity index (χ4n) is 1.73. The van der Waals surface area contributed by atoms with Gasteiger partial charge in [0, 0.05) is 28.0 Å². The highest BCUT2D eigenvalue weighted by atomic mass is 32.2. The molecule has 1 N–H and O–H groups in total. The predicted molar refractivity (Wildman–Crippen MR) is 67.9 cm³/mol. The van der Waals surface area contributed by atoms with Crippen LogP contribution < -0.4 is 5.32 Å². The van der Waals surface area contributed by atoms with E-state index in [2.05, 4.69) is 24.4 Å². The highest BCUT2D eigenvalue weighted by Crippen LogP contribution is 2.28. The van der Waals surface area contributed by atoms with Crippen LogP contribution in [-0.2, 0) is 10.8 Å². The molecule has 1 aliphatic rings. The van der Waals surface area contributed by atoms with Crippen molar-refractivity contribution in [2.75, 3.05) is 12.8 Å². The van der Waals surface area contributed by atoms with Gasteiger partial charge in [0.05, 0.1) is 0 Å². The lowest BCUT2D eigenvalue weighted by Crippen LogP contribution is -2.20. The quantitative estimate of drug-likeness (QED) is 0.852. The lowest BCUT2D eigenvalue weighted by Gasteiger charge is -2.14. The Morgan fingerprint density at radius 3 is 2.50 bits per heavy atom. The molecule has 0 heterocycles. The van der Waals surface area contributed by atoms with E-state index >= 15 is 0 Å². The summed E-state index contributed by atoms with van der Waals surface area (Å²) in [6.07, 6.45) is 4.48. The van der Waals surface area contributed by atoms with E-state index < -0.39 is 10.8 Å². The fourth-order valence-corrected chi connectivity index (χ4v) is 2.25. The van der Waals surface area contributed by atoms with Crippen molar-refractivity contribution >= 4 is 10.8 Å². The van der Waals surface area contributed by atoms with Crippen LogP contribution in [0.3, 0.4) is 0 Å². The molecule has 0 aromatic heterocycles. The van der Waals surface area contributed by atoms with E-state index in [1.54, 1.807) is 6.26 Å². The van der Waals surface area contributed by atoms with Gasteiger partial charge < -0.3 is 5.32 Å². The maximum absolute atomic E-state index is 11.2. The molecule has 2 unspecified atom stereocenters. The molecule has 2 atom stereocenters. The summed E-state index contributed by atoms with van der Waals surface area (Å²) in [5.74, 6) is 0.907. The average Bonchev–Trinajstić information content (AvgIpc) is 3.10. The van der Waals surface area contributed by atoms with Crippen LogP contribution in [0.15, 0.2) is 29.2 Å². The van der Waals surface area contributed by atoms with E-state index in [9.17, 15) is 4.21 Å². The van der Waals surface area contributed by atoms with Gasteiger partial charge in [-0.1, -0.05) is 12.1 Å². The third kappa shape index (κ3) is 3.16. The molecule has 0 saturated heterocycles. The van der Waals surface area contributed by atoms with Crippen molar-refractivity contribution in [2.24, 2.45) is 5.92 Å². The second-order valence-corrected chi connectivity index (χ2v) is 5.98. The third-order valence-electron chi connectivity index (χ3n) is 3.12. The Labute approximate surface area is 99.9 Å². The van der Waals surface area contributed by atoms with Crippen LogP contribution in [0.5, 0.6) is 0 Å². The van der Waals surface area contributed by atoms with E-state index in [0.29, 0.717) is 6.04 Å². The molecule has 1 aromatic rings. The topological polar surface area (TPSA) is 29.1 Å². The molecular formula is C13H19NOS. The van der Waals surface area contributed by atoms with Crippen molar-refractivity contribution in [2.45, 2.75) is 30.7 Å². The van der Waals surface area contributed by atoms with Gasteiger partial charge in [-0.2, -0.15) is 0 Å². The molecule has 1 saturated carbocycles. The number of nitrogens with one attached hydrogen (secondary N) is 1. The molecule has 0 bridgehead atoms. The monoisotopic (exact) mass is 237 g/mol. The SMILES string of the molecule is CC(NCC1CC1)c1ccc(S(C)=O)cc1. The molecule has 1 aromatic carbocycles. The summed E-state index contributed by atoms with van der Waals surface area (Å²) < 4.78 is 11.2. The summed E-state index contributed by atoms with van der Waals surface area (Å²) in [5, 5.41) is 3.53. The van der Waals surface area contributed by atoms with Crippen molar-refractivity contribution in [3.05, 3.63) is 29.8 Å². The maximum atomic E-state index is 11.2. The summed E-state index contributed by atoms with van der Waals surface area (Å²) in [4.78, 5) is 0.901. The fraction of sp³-hybridized carbons (Fsp3) is 0.538. The van der Waals surface area contributed by atoms with Gasteiger partial charge in [0.25, 0.3) is 0 Å². The normalized spacial score (nSPS) is 19.4. The first-order chi connectivity index (χ1) is 7.66. The first-order valence-electron chi connectivity index (χ1n) is 5.83. The smallest absolute Gasteiger partial charge is 0.0498 e. The number of hydrogen-bond acceptors (Lipinski definition) is 2. The molecule has 1 fully saturated rings. The second-order valence-electron chi connectivity index (χ2n) is 4.60. The summed E-state index contributed by atoms with van der Waals surface area (Å²) in [5.41, 5.74) is 1.27. The molecule has 1 aliphatic carbocycles. The Balaban J connectivity index is 1.93. The van der Waals surface area contributed by atoms with Crippen molar-refractivity contribution in [3.8, 4) is 0 Å². The zero-order valence-corrected chi connectivity index (χ0v) is 10.7. The van der Waals surface area contributed by atoms with Gasteiger partial charge in [0.1, 0.15) is 0 Å². The molecule has 2 nitrogen and oxygen atoms in total. The van der Waals surface area contributed by atoms with Crippen LogP contribution in [0, 0.1) is 5.92 Å². The zero-order valence-electron chi connectivity index (χ0n) is 9.90. The maximum Gasteiger partial charge on any atom is 0.0498 e. The molecular weight excluding hydrogens is 218 g/mol. The molecule has 0 radical (unpaired) electrons. The largest absolute Gasteiger partial charge is 0.310 e. The summed E-state index contributed by atoms with van der Waals surface area (Å²) >= 11 is 0. The molecule has 0 aliphatic heterocycles. The summed E-state index contributed by atoms with van der Waals surface area (Å²) in [7, 11) is -0.872. The Bertz CT molecular complexity index is 370. The van der Waals surface area contributed by atoms with E-state index in [4.69, 9.17) is 0 Å². The van der Waals surface area contributed by atoms with Crippen molar-refractivity contribution < 1.29 is 4.21 Å². The minimum absolute atomic E-state index is 0.389. The van der Waals surface area contributed by atoms with Crippen LogP contribution in [0.2, 0.25) is 0 Å². The molecule has 16 heavy (non-hydrogen) atoms. The van der Waals surface area contributed by atoms with Crippen LogP contribution in [0.1, 0.15) is 31.4 Å². The molecule has 3 heteroatoms. The summed E-state index contributed by atoms with van der Waals surface area (Å²) in [6, 6.07) is 8.45. The number of benzene rings is 1. The van der Waals surface area contributed by atoms with E-state index in [-0.39, 0.29) is 0 Å². The first kappa shape index (κ1) is 11.8. The Morgan fingerprint density at radius 2 is 2.00 bits per heavy atom. The van der Waals surface area contributed by atoms with Gasteiger partial charge in [-0.05, 0) is 49.9 Å². The first-order valence-corrected chi connectivity index (χ1v) is 7.39. The number of hydrogen-bond donors (Lipinski definition) is 1. The van der Waals surface area contributed by atoms with Gasteiger partial charge in [-0.15, -0.1) is 0 Å². The van der Waals surface area contributed by atoms with Crippen LogP contribution in [-0.4, -0.2) is 17.0 Å². The highest BCUT2D eigenvalue weighted by molar-refractivity contribution is 7.84. The Hall–Kier alpha value is -0.670. The highest BCUT2D eigenvalue weighted by Gasteiger charge is 2.21. The minimum Gasteiger partial charge on any atom is -0.310 e. The lowest BCUT2D eigenvalue weighted by atomic mass is 10.1. The minimum atomic E-state index is -0.872. The van der Waals surface area contributed by atoms with E-state index in [1.807, 2.05) is 12.1 Å². The second kappa shape index (κ2) is 5.11. The van der Waals surface area contributed by atoms with Crippen molar-refractivity contribution in [1.82, 2.24) is 5.32 Å². The molecule has 2 rings (SSSR count). The Morgan fingerprint density at radius 1 is 1.38 bits per heavy atom. The van der Waals surface area contributed by atoms with E-state index in [0.717, 1.165) is 17.4 Å². The zero-order chi connectivity index (χ0) is 11.5. The molecule has 0 amide bonds. The molecule has 88 valence electrons.